The molecule has 24 heavy (non-hydrogen) atoms. The summed E-state index contributed by atoms with van der Waals surface area (Å²) < 4.78 is 0. The second kappa shape index (κ2) is 6.98. The van der Waals surface area contributed by atoms with Crippen molar-refractivity contribution in [2.75, 3.05) is 0 Å². The number of allylic oxidation sites excluding steroid dienone is 4. The summed E-state index contributed by atoms with van der Waals surface area (Å²) in [5.74, 6) is 3.64. The first kappa shape index (κ1) is 16.3. The largest absolute Gasteiger partial charge is 0.299 e. The number of hydrogen-bond donors (Lipinski definition) is 0. The number of hydrogen-bond acceptors (Lipinski definition) is 2. The highest BCUT2D eigenvalue weighted by molar-refractivity contribution is 5.86. The lowest BCUT2D eigenvalue weighted by atomic mass is 9.77. The smallest absolute Gasteiger partial charge is 0.140 e. The molecule has 0 aromatic heterocycles. The molecule has 0 bridgehead atoms. The van der Waals surface area contributed by atoms with Gasteiger partial charge in [-0.3, -0.25) is 9.59 Å². The molecule has 2 heteroatoms. The van der Waals surface area contributed by atoms with E-state index in [2.05, 4.69) is 24.3 Å². The van der Waals surface area contributed by atoms with E-state index in [-0.39, 0.29) is 11.8 Å². The molecule has 0 spiro atoms. The number of carbonyl (C=O) groups excluding carboxylic acids is 2. The third-order valence-electron chi connectivity index (χ3n) is 7.28. The Bertz CT molecular complexity index is 508. The Morgan fingerprint density at radius 1 is 0.625 bits per heavy atom. The molecule has 0 heterocycles. The lowest BCUT2D eigenvalue weighted by Gasteiger charge is -2.27. The van der Waals surface area contributed by atoms with Crippen LogP contribution >= 0.6 is 0 Å². The van der Waals surface area contributed by atoms with Crippen molar-refractivity contribution in [1.29, 1.82) is 0 Å². The van der Waals surface area contributed by atoms with Gasteiger partial charge < -0.3 is 0 Å². The predicted molar refractivity (Wildman–Crippen MR) is 95.4 cm³/mol. The Morgan fingerprint density at radius 3 is 1.50 bits per heavy atom. The fourth-order valence-corrected chi connectivity index (χ4v) is 6.06. The van der Waals surface area contributed by atoms with Gasteiger partial charge in [-0.1, -0.05) is 50.0 Å². The number of ketones is 2. The Labute approximate surface area is 145 Å². The molecular weight excluding hydrogens is 296 g/mol. The van der Waals surface area contributed by atoms with Crippen LogP contribution in [0.2, 0.25) is 0 Å². The second-order valence-electron chi connectivity index (χ2n) is 8.58. The Balaban J connectivity index is 1.39. The summed E-state index contributed by atoms with van der Waals surface area (Å²) in [5.41, 5.74) is 0. The maximum absolute atomic E-state index is 12.3. The fraction of sp³-hybridized carbons (Fsp3) is 0.727. The van der Waals surface area contributed by atoms with Gasteiger partial charge in [0.05, 0.1) is 0 Å². The van der Waals surface area contributed by atoms with Crippen LogP contribution in [0.3, 0.4) is 0 Å². The first-order chi connectivity index (χ1) is 11.7. The molecule has 0 aromatic rings. The van der Waals surface area contributed by atoms with Crippen LogP contribution in [-0.4, -0.2) is 11.6 Å². The zero-order valence-electron chi connectivity index (χ0n) is 14.7. The van der Waals surface area contributed by atoms with Gasteiger partial charge >= 0.3 is 0 Å². The van der Waals surface area contributed by atoms with Crippen LogP contribution in [0.25, 0.3) is 0 Å². The van der Waals surface area contributed by atoms with Crippen molar-refractivity contribution < 1.29 is 9.59 Å². The van der Waals surface area contributed by atoms with Crippen LogP contribution in [0.4, 0.5) is 0 Å². The van der Waals surface area contributed by atoms with Gasteiger partial charge in [0, 0.05) is 24.7 Å². The molecule has 2 nitrogen and oxygen atoms in total. The maximum Gasteiger partial charge on any atom is 0.140 e. The van der Waals surface area contributed by atoms with E-state index in [1.165, 1.54) is 51.4 Å². The van der Waals surface area contributed by atoms with Crippen molar-refractivity contribution in [2.45, 2.75) is 64.2 Å². The minimum atomic E-state index is 0.140. The van der Waals surface area contributed by atoms with Crippen molar-refractivity contribution in [3.8, 4) is 0 Å². The van der Waals surface area contributed by atoms with E-state index in [1.54, 1.807) is 0 Å². The Kier molecular flexibility index (Phi) is 4.74. The van der Waals surface area contributed by atoms with Crippen LogP contribution in [0.5, 0.6) is 0 Å². The quantitative estimate of drug-likeness (QED) is 0.692. The van der Waals surface area contributed by atoms with Gasteiger partial charge in [0.2, 0.25) is 0 Å². The van der Waals surface area contributed by atoms with E-state index >= 15 is 0 Å². The summed E-state index contributed by atoms with van der Waals surface area (Å²) in [7, 11) is 0. The van der Waals surface area contributed by atoms with E-state index in [0.717, 1.165) is 12.8 Å². The van der Waals surface area contributed by atoms with Gasteiger partial charge in [-0.25, -0.2) is 0 Å². The van der Waals surface area contributed by atoms with Gasteiger partial charge in [0.1, 0.15) is 11.6 Å². The molecule has 0 unspecified atom stereocenters. The van der Waals surface area contributed by atoms with Crippen LogP contribution in [0.1, 0.15) is 64.2 Å². The first-order valence-corrected chi connectivity index (χ1v) is 10.1. The summed E-state index contributed by atoms with van der Waals surface area (Å²) in [5, 5.41) is 0. The maximum atomic E-state index is 12.3. The van der Waals surface area contributed by atoms with Gasteiger partial charge in [0.15, 0.2) is 0 Å². The number of carbonyl (C=O) groups is 2. The van der Waals surface area contributed by atoms with Crippen LogP contribution in [0, 0.1) is 35.5 Å². The molecule has 0 saturated heterocycles. The molecule has 4 aliphatic carbocycles. The minimum Gasteiger partial charge on any atom is -0.299 e. The van der Waals surface area contributed by atoms with E-state index in [4.69, 9.17) is 0 Å². The molecule has 0 aliphatic heterocycles. The zero-order chi connectivity index (χ0) is 16.5. The van der Waals surface area contributed by atoms with Gasteiger partial charge in [-0.05, 0) is 49.4 Å². The van der Waals surface area contributed by atoms with Crippen molar-refractivity contribution in [2.24, 2.45) is 35.5 Å². The normalized spacial score (nSPS) is 42.8. The zero-order valence-corrected chi connectivity index (χ0v) is 14.7. The Morgan fingerprint density at radius 2 is 1.04 bits per heavy atom. The molecule has 0 amide bonds. The monoisotopic (exact) mass is 326 g/mol. The van der Waals surface area contributed by atoms with E-state index in [9.17, 15) is 9.59 Å². The molecule has 0 aromatic carbocycles. The fourth-order valence-electron chi connectivity index (χ4n) is 6.06. The second-order valence-corrected chi connectivity index (χ2v) is 8.58. The number of Topliss-reactive ketones (excluding diaryl/α,β-unsaturated/α-hetero) is 2. The van der Waals surface area contributed by atoms with Crippen LogP contribution in [0.15, 0.2) is 24.3 Å². The van der Waals surface area contributed by atoms with Gasteiger partial charge in [-0.2, -0.15) is 0 Å². The highest BCUT2D eigenvalue weighted by atomic mass is 16.1. The summed E-state index contributed by atoms with van der Waals surface area (Å²) in [6.45, 7) is 0. The highest BCUT2D eigenvalue weighted by Gasteiger charge is 2.42. The summed E-state index contributed by atoms with van der Waals surface area (Å²) in [6.07, 6.45) is 20.1. The molecule has 4 rings (SSSR count). The van der Waals surface area contributed by atoms with Crippen LogP contribution < -0.4 is 0 Å². The molecule has 0 N–H and O–H groups in total. The molecule has 4 aliphatic rings. The topological polar surface area (TPSA) is 34.1 Å². The van der Waals surface area contributed by atoms with E-state index in [0.29, 0.717) is 35.2 Å². The molecule has 4 saturated carbocycles. The molecular formula is C22H30O2. The highest BCUT2D eigenvalue weighted by Crippen LogP contribution is 2.45. The van der Waals surface area contributed by atoms with Crippen LogP contribution in [-0.2, 0) is 9.59 Å². The molecule has 6 atom stereocenters. The van der Waals surface area contributed by atoms with Gasteiger partial charge in [0.25, 0.3) is 0 Å². The average molecular weight is 326 g/mol. The molecule has 130 valence electrons. The van der Waals surface area contributed by atoms with Crippen molar-refractivity contribution in [3.63, 3.8) is 0 Å². The average Bonchev–Trinajstić information content (AvgIpc) is 3.08. The van der Waals surface area contributed by atoms with E-state index in [1.807, 2.05) is 0 Å². The molecule has 4 fully saturated rings. The third kappa shape index (κ3) is 3.05. The molecule has 0 radical (unpaired) electrons. The lowest BCUT2D eigenvalue weighted by molar-refractivity contribution is -0.120. The predicted octanol–water partition coefficient (Wildman–Crippen LogP) is 4.89. The first-order valence-electron chi connectivity index (χ1n) is 10.1. The third-order valence-corrected chi connectivity index (χ3v) is 7.28. The summed E-state index contributed by atoms with van der Waals surface area (Å²) in [6, 6.07) is 0. The lowest BCUT2D eigenvalue weighted by Crippen LogP contribution is -2.19. The van der Waals surface area contributed by atoms with Crippen molar-refractivity contribution >= 4 is 11.6 Å². The Hall–Kier alpha value is -1.18. The van der Waals surface area contributed by atoms with Gasteiger partial charge in [-0.15, -0.1) is 0 Å². The SMILES string of the molecule is O=C1C[C@H]2CCCC[C@@H]2[C@H]1/C=C/C=C/[C@H]1C(=O)C[C@H]2CCCC[C@@H]21. The standard InChI is InChI=1S/C22H30O2/c23-21-13-15-7-1-3-9-17(15)19(21)11-5-6-12-20-18-10-4-2-8-16(18)14-22(20)24/h5-6,11-12,15-20H,1-4,7-10,13-14H2/b11-5+,12-6+/t15-,16-,17+,18+,19-,20-/m1/s1. The minimum absolute atomic E-state index is 0.140. The number of fused-ring (bicyclic) bond motifs is 2. The number of rotatable bonds is 3. The summed E-state index contributed by atoms with van der Waals surface area (Å²) in [4.78, 5) is 24.6. The summed E-state index contributed by atoms with van der Waals surface area (Å²) >= 11 is 0. The van der Waals surface area contributed by atoms with E-state index < -0.39 is 0 Å². The van der Waals surface area contributed by atoms with Crippen molar-refractivity contribution in [1.82, 2.24) is 0 Å². The van der Waals surface area contributed by atoms with Crippen molar-refractivity contribution in [3.05, 3.63) is 24.3 Å².